The first kappa shape index (κ1) is 19.7. The highest BCUT2D eigenvalue weighted by atomic mass is 19.1. The summed E-state index contributed by atoms with van der Waals surface area (Å²) in [6, 6.07) is 18.4. The number of aliphatic hydroxyl groups is 1. The van der Waals surface area contributed by atoms with Gasteiger partial charge in [0, 0.05) is 36.1 Å². The van der Waals surface area contributed by atoms with Gasteiger partial charge in [-0.05, 0) is 48.5 Å². The van der Waals surface area contributed by atoms with Gasteiger partial charge in [0.1, 0.15) is 11.6 Å². The summed E-state index contributed by atoms with van der Waals surface area (Å²) >= 11 is 0. The Hall–Kier alpha value is -2.63. The molecule has 29 heavy (non-hydrogen) atoms. The number of ether oxygens (including phenoxy) is 1. The van der Waals surface area contributed by atoms with Gasteiger partial charge in [-0.3, -0.25) is 0 Å². The lowest BCUT2D eigenvalue weighted by Gasteiger charge is -2.36. The Kier molecular flexibility index (Phi) is 5.97. The zero-order valence-corrected chi connectivity index (χ0v) is 16.4. The van der Waals surface area contributed by atoms with Gasteiger partial charge >= 0.3 is 0 Å². The second-order valence-electron chi connectivity index (χ2n) is 7.76. The summed E-state index contributed by atoms with van der Waals surface area (Å²) < 4.78 is 19.1. The van der Waals surface area contributed by atoms with E-state index >= 15 is 0 Å². The minimum Gasteiger partial charge on any atom is -0.493 e. The molecule has 0 radical (unpaired) electrons. The molecule has 2 unspecified atom stereocenters. The Balaban J connectivity index is 1.27. The van der Waals surface area contributed by atoms with Gasteiger partial charge < -0.3 is 20.5 Å². The number of piperidine rings is 1. The third-order valence-corrected chi connectivity index (χ3v) is 5.69. The number of nitrogens with two attached hydrogens (primary N) is 1. The number of nitrogen functional groups attached to an aromatic ring is 1. The van der Waals surface area contributed by atoms with Crippen LogP contribution in [0.3, 0.4) is 0 Å². The molecule has 3 aromatic carbocycles. The Labute approximate surface area is 170 Å². The van der Waals surface area contributed by atoms with E-state index in [1.54, 1.807) is 12.1 Å². The molecule has 1 heterocycles. The van der Waals surface area contributed by atoms with Crippen LogP contribution in [0, 0.1) is 5.82 Å². The van der Waals surface area contributed by atoms with Crippen molar-refractivity contribution in [3.8, 4) is 5.75 Å². The normalized spacial score (nSPS) is 20.1. The van der Waals surface area contributed by atoms with Crippen LogP contribution in [0.5, 0.6) is 5.75 Å². The number of anilines is 1. The predicted molar refractivity (Wildman–Crippen MR) is 115 cm³/mol. The lowest BCUT2D eigenvalue weighted by atomic mass is 9.87. The molecule has 4 rings (SSSR count). The fourth-order valence-electron chi connectivity index (χ4n) is 4.19. The fraction of sp³-hybridized carbons (Fsp3) is 0.333. The molecule has 1 saturated heterocycles. The molecule has 0 saturated carbocycles. The molecule has 0 aromatic heterocycles. The van der Waals surface area contributed by atoms with E-state index in [4.69, 9.17) is 10.5 Å². The van der Waals surface area contributed by atoms with E-state index in [0.717, 1.165) is 48.0 Å². The number of β-amino-alcohol motifs (C(OH)–C–C–N with tert-alkyl or cyclic N) is 1. The summed E-state index contributed by atoms with van der Waals surface area (Å²) in [5, 5.41) is 12.7. The maximum absolute atomic E-state index is 13.1. The lowest BCUT2D eigenvalue weighted by Crippen LogP contribution is -2.43. The quantitative estimate of drug-likeness (QED) is 0.486. The number of halogens is 1. The molecular formula is C24H27FN2O2. The predicted octanol–water partition coefficient (Wildman–Crippen LogP) is 4.18. The maximum atomic E-state index is 13.1. The molecule has 152 valence electrons. The average Bonchev–Trinajstić information content (AvgIpc) is 2.72. The Morgan fingerprint density at radius 3 is 2.69 bits per heavy atom. The van der Waals surface area contributed by atoms with Gasteiger partial charge in [-0.15, -0.1) is 0 Å². The molecule has 0 spiro atoms. The number of fused-ring (bicyclic) bond motifs is 1. The third kappa shape index (κ3) is 4.69. The van der Waals surface area contributed by atoms with E-state index in [1.165, 1.54) is 12.1 Å². The first-order valence-electron chi connectivity index (χ1n) is 10.2. The zero-order chi connectivity index (χ0) is 20.2. The van der Waals surface area contributed by atoms with Crippen LogP contribution in [0.25, 0.3) is 10.8 Å². The van der Waals surface area contributed by atoms with Crippen molar-refractivity contribution in [2.24, 2.45) is 0 Å². The number of likely N-dealkylation sites (tertiary alicyclic amines) is 1. The third-order valence-electron chi connectivity index (χ3n) is 5.69. The van der Waals surface area contributed by atoms with Crippen LogP contribution in [0.15, 0.2) is 60.7 Å². The van der Waals surface area contributed by atoms with E-state index in [2.05, 4.69) is 4.90 Å². The highest BCUT2D eigenvalue weighted by Crippen LogP contribution is 2.30. The lowest BCUT2D eigenvalue weighted by molar-refractivity contribution is 0.0490. The van der Waals surface area contributed by atoms with Gasteiger partial charge in [-0.1, -0.05) is 36.4 Å². The Morgan fingerprint density at radius 2 is 1.90 bits per heavy atom. The van der Waals surface area contributed by atoms with Crippen molar-refractivity contribution in [3.63, 3.8) is 0 Å². The number of benzene rings is 3. The van der Waals surface area contributed by atoms with E-state index in [-0.39, 0.29) is 11.7 Å². The van der Waals surface area contributed by atoms with Crippen LogP contribution in [-0.4, -0.2) is 42.4 Å². The number of rotatable bonds is 6. The molecular weight excluding hydrogens is 367 g/mol. The molecule has 0 amide bonds. The van der Waals surface area contributed by atoms with Crippen molar-refractivity contribution in [1.29, 1.82) is 0 Å². The van der Waals surface area contributed by atoms with Gasteiger partial charge in [-0.2, -0.15) is 0 Å². The first-order valence-corrected chi connectivity index (χ1v) is 10.2. The van der Waals surface area contributed by atoms with Crippen LogP contribution in [-0.2, 0) is 0 Å². The summed E-state index contributed by atoms with van der Waals surface area (Å²) in [5.74, 6) is 0.644. The van der Waals surface area contributed by atoms with E-state index in [1.807, 2.05) is 36.4 Å². The summed E-state index contributed by atoms with van der Waals surface area (Å²) in [6.07, 6.45) is 1.30. The molecule has 5 heteroatoms. The number of aliphatic hydroxyl groups excluding tert-OH is 1. The summed E-state index contributed by atoms with van der Waals surface area (Å²) in [5.41, 5.74) is 7.70. The van der Waals surface area contributed by atoms with Crippen molar-refractivity contribution in [2.75, 3.05) is 32.0 Å². The van der Waals surface area contributed by atoms with E-state index in [9.17, 15) is 9.50 Å². The minimum absolute atomic E-state index is 0.0711. The van der Waals surface area contributed by atoms with Crippen molar-refractivity contribution in [3.05, 3.63) is 72.0 Å². The van der Waals surface area contributed by atoms with Crippen molar-refractivity contribution in [1.82, 2.24) is 4.90 Å². The van der Waals surface area contributed by atoms with Gasteiger partial charge in [0.15, 0.2) is 0 Å². The Morgan fingerprint density at radius 1 is 1.10 bits per heavy atom. The molecule has 1 fully saturated rings. The van der Waals surface area contributed by atoms with Crippen LogP contribution in [0.4, 0.5) is 10.1 Å². The van der Waals surface area contributed by atoms with Crippen LogP contribution >= 0.6 is 0 Å². The maximum Gasteiger partial charge on any atom is 0.129 e. The monoisotopic (exact) mass is 394 g/mol. The van der Waals surface area contributed by atoms with E-state index < -0.39 is 6.10 Å². The standard InChI is InChI=1S/C24H27FN2O2/c25-19-8-6-17(7-9-19)21-10-12-27(16-23(21)28)11-3-13-29-24-15-20(26)14-18-4-1-2-5-22(18)24/h1-2,4-9,14-15,21,23,28H,3,10-13,16,26H2. The van der Waals surface area contributed by atoms with Gasteiger partial charge in [-0.25, -0.2) is 4.39 Å². The number of hydrogen-bond acceptors (Lipinski definition) is 4. The molecule has 1 aliphatic rings. The molecule has 0 aliphatic carbocycles. The highest BCUT2D eigenvalue weighted by Gasteiger charge is 2.28. The second-order valence-corrected chi connectivity index (χ2v) is 7.76. The van der Waals surface area contributed by atoms with Crippen LogP contribution < -0.4 is 10.5 Å². The van der Waals surface area contributed by atoms with Crippen LogP contribution in [0.2, 0.25) is 0 Å². The number of nitrogens with zero attached hydrogens (tertiary/aromatic N) is 1. The molecule has 4 nitrogen and oxygen atoms in total. The molecule has 2 atom stereocenters. The van der Waals surface area contributed by atoms with Gasteiger partial charge in [0.05, 0.1) is 12.7 Å². The smallest absolute Gasteiger partial charge is 0.129 e. The zero-order valence-electron chi connectivity index (χ0n) is 16.4. The highest BCUT2D eigenvalue weighted by molar-refractivity contribution is 5.91. The first-order chi connectivity index (χ1) is 14.1. The Bertz CT molecular complexity index is 961. The largest absolute Gasteiger partial charge is 0.493 e. The van der Waals surface area contributed by atoms with Crippen molar-refractivity contribution < 1.29 is 14.2 Å². The van der Waals surface area contributed by atoms with E-state index in [0.29, 0.717) is 18.8 Å². The molecule has 0 bridgehead atoms. The summed E-state index contributed by atoms with van der Waals surface area (Å²) in [6.45, 7) is 3.01. The van der Waals surface area contributed by atoms with Gasteiger partial charge in [0.25, 0.3) is 0 Å². The number of hydrogen-bond donors (Lipinski definition) is 2. The SMILES string of the molecule is Nc1cc(OCCCN2CCC(c3ccc(F)cc3)C(O)C2)c2ccccc2c1. The van der Waals surface area contributed by atoms with Gasteiger partial charge in [0.2, 0.25) is 0 Å². The summed E-state index contributed by atoms with van der Waals surface area (Å²) in [7, 11) is 0. The van der Waals surface area contributed by atoms with Crippen LogP contribution in [0.1, 0.15) is 24.3 Å². The second kappa shape index (κ2) is 8.80. The molecule has 1 aliphatic heterocycles. The molecule has 3 N–H and O–H groups in total. The topological polar surface area (TPSA) is 58.7 Å². The van der Waals surface area contributed by atoms with Crippen molar-refractivity contribution in [2.45, 2.75) is 24.9 Å². The average molecular weight is 394 g/mol. The molecule has 3 aromatic rings. The fourth-order valence-corrected chi connectivity index (χ4v) is 4.19. The van der Waals surface area contributed by atoms with Crippen molar-refractivity contribution >= 4 is 16.5 Å². The minimum atomic E-state index is -0.437. The summed E-state index contributed by atoms with van der Waals surface area (Å²) in [4.78, 5) is 2.27.